The first-order valence-electron chi connectivity index (χ1n) is 20.5. The standard InChI is InChI=1S/C43H77NO7/c1-6-8-10-12-14-16-17-18-19-20-21-22-23-24-26-27-29-31-33-41(45)50-38-39(37-49-36-35-40(43(47)48)44(3,4)5)51-42(46)34-32-30-28-25-15-13-11-9-7-2/h9,11,15,21-22,25,39-40H,6-8,10,12-14,16-20,23-24,26-38H2,1-5H3/p+1/b11-9+,22-21+,25-15+. The Hall–Kier alpha value is -2.45. The topological polar surface area (TPSA) is 99.1 Å². The first-order valence-corrected chi connectivity index (χ1v) is 20.5. The summed E-state index contributed by atoms with van der Waals surface area (Å²) < 4.78 is 17.1. The van der Waals surface area contributed by atoms with Gasteiger partial charge in [0.2, 0.25) is 0 Å². The molecule has 51 heavy (non-hydrogen) atoms. The number of unbranched alkanes of at least 4 members (excludes halogenated alkanes) is 16. The van der Waals surface area contributed by atoms with Crippen molar-refractivity contribution in [1.29, 1.82) is 0 Å². The van der Waals surface area contributed by atoms with Gasteiger partial charge in [-0.15, -0.1) is 0 Å². The first-order chi connectivity index (χ1) is 24.6. The van der Waals surface area contributed by atoms with Gasteiger partial charge in [-0.25, -0.2) is 4.79 Å². The molecular formula is C43H78NO7+. The Balaban J connectivity index is 4.32. The molecule has 1 N–H and O–H groups in total. The van der Waals surface area contributed by atoms with Crippen molar-refractivity contribution in [3.8, 4) is 0 Å². The number of ether oxygens (including phenoxy) is 3. The average Bonchev–Trinajstić information content (AvgIpc) is 3.08. The second-order valence-corrected chi connectivity index (χ2v) is 14.9. The van der Waals surface area contributed by atoms with E-state index in [2.05, 4.69) is 50.3 Å². The zero-order chi connectivity index (χ0) is 37.8. The molecule has 0 radical (unpaired) electrons. The van der Waals surface area contributed by atoms with Crippen molar-refractivity contribution in [1.82, 2.24) is 0 Å². The average molecular weight is 721 g/mol. The van der Waals surface area contributed by atoms with Gasteiger partial charge in [0, 0.05) is 19.3 Å². The molecule has 8 heteroatoms. The predicted octanol–water partition coefficient (Wildman–Crippen LogP) is 10.7. The Bertz CT molecular complexity index is 937. The van der Waals surface area contributed by atoms with Gasteiger partial charge in [0.05, 0.1) is 34.4 Å². The Morgan fingerprint density at radius 2 is 1.10 bits per heavy atom. The van der Waals surface area contributed by atoms with Gasteiger partial charge in [-0.1, -0.05) is 121 Å². The summed E-state index contributed by atoms with van der Waals surface area (Å²) >= 11 is 0. The number of nitrogens with zero attached hydrogens (tertiary/aromatic N) is 1. The van der Waals surface area contributed by atoms with Gasteiger partial charge < -0.3 is 23.8 Å². The molecule has 2 unspecified atom stereocenters. The highest BCUT2D eigenvalue weighted by Gasteiger charge is 2.31. The lowest BCUT2D eigenvalue weighted by Gasteiger charge is -2.31. The number of carbonyl (C=O) groups excluding carboxylic acids is 2. The van der Waals surface area contributed by atoms with Gasteiger partial charge in [0.25, 0.3) is 0 Å². The Morgan fingerprint density at radius 3 is 1.67 bits per heavy atom. The smallest absolute Gasteiger partial charge is 0.362 e. The number of aliphatic carboxylic acids is 1. The number of hydrogen-bond donors (Lipinski definition) is 1. The third-order valence-electron chi connectivity index (χ3n) is 9.02. The number of allylic oxidation sites excluding steroid dienone is 6. The molecule has 0 aliphatic heterocycles. The Morgan fingerprint density at radius 1 is 0.608 bits per heavy atom. The second-order valence-electron chi connectivity index (χ2n) is 14.9. The molecule has 0 amide bonds. The fourth-order valence-electron chi connectivity index (χ4n) is 5.83. The van der Waals surface area contributed by atoms with Gasteiger partial charge in [-0.2, -0.15) is 0 Å². The minimum atomic E-state index is -0.883. The fraction of sp³-hybridized carbons (Fsp3) is 0.791. The summed E-state index contributed by atoms with van der Waals surface area (Å²) in [7, 11) is 5.50. The van der Waals surface area contributed by atoms with E-state index in [1.54, 1.807) is 0 Å². The van der Waals surface area contributed by atoms with E-state index in [0.29, 0.717) is 19.3 Å². The Kier molecular flexibility index (Phi) is 33.0. The van der Waals surface area contributed by atoms with Crippen LogP contribution in [0.1, 0.15) is 168 Å². The van der Waals surface area contributed by atoms with E-state index in [1.807, 2.05) is 21.1 Å². The van der Waals surface area contributed by atoms with Crippen LogP contribution in [-0.4, -0.2) is 80.6 Å². The lowest BCUT2D eigenvalue weighted by Crippen LogP contribution is -2.50. The van der Waals surface area contributed by atoms with E-state index in [-0.39, 0.29) is 42.7 Å². The van der Waals surface area contributed by atoms with Crippen LogP contribution in [0.15, 0.2) is 36.5 Å². The van der Waals surface area contributed by atoms with Crippen molar-refractivity contribution in [3.05, 3.63) is 36.5 Å². The van der Waals surface area contributed by atoms with Crippen molar-refractivity contribution in [2.24, 2.45) is 0 Å². The van der Waals surface area contributed by atoms with E-state index in [4.69, 9.17) is 14.2 Å². The summed E-state index contributed by atoms with van der Waals surface area (Å²) in [5.74, 6) is -1.53. The molecule has 8 nitrogen and oxygen atoms in total. The van der Waals surface area contributed by atoms with Crippen molar-refractivity contribution in [2.75, 3.05) is 41.0 Å². The minimum Gasteiger partial charge on any atom is -0.477 e. The molecule has 2 atom stereocenters. The molecule has 0 rings (SSSR count). The molecule has 0 aromatic carbocycles. The number of esters is 2. The van der Waals surface area contributed by atoms with Crippen LogP contribution in [-0.2, 0) is 28.6 Å². The highest BCUT2D eigenvalue weighted by atomic mass is 16.6. The largest absolute Gasteiger partial charge is 0.477 e. The summed E-state index contributed by atoms with van der Waals surface area (Å²) in [6.45, 7) is 4.56. The molecule has 0 spiro atoms. The SMILES string of the molecule is CC/C=C/C/C=C/CCCCC(=O)OC(COCCC(C(=O)O)[N+](C)(C)C)COC(=O)CCCCCCC/C=C/CCCCCCCCCCC. The second kappa shape index (κ2) is 34.6. The molecule has 0 aromatic rings. The van der Waals surface area contributed by atoms with Crippen molar-refractivity contribution in [3.63, 3.8) is 0 Å². The highest BCUT2D eigenvalue weighted by Crippen LogP contribution is 2.13. The van der Waals surface area contributed by atoms with Crippen LogP contribution < -0.4 is 0 Å². The van der Waals surface area contributed by atoms with Crippen LogP contribution in [0, 0.1) is 0 Å². The van der Waals surface area contributed by atoms with Crippen LogP contribution in [0.2, 0.25) is 0 Å². The number of carbonyl (C=O) groups is 3. The fourth-order valence-corrected chi connectivity index (χ4v) is 5.83. The van der Waals surface area contributed by atoms with E-state index in [1.165, 1.54) is 70.6 Å². The van der Waals surface area contributed by atoms with Crippen molar-refractivity contribution < 1.29 is 38.2 Å². The third kappa shape index (κ3) is 33.2. The van der Waals surface area contributed by atoms with Crippen LogP contribution >= 0.6 is 0 Å². The first kappa shape index (κ1) is 48.5. The summed E-state index contributed by atoms with van der Waals surface area (Å²) in [5.41, 5.74) is 0. The van der Waals surface area contributed by atoms with Crippen LogP contribution in [0.5, 0.6) is 0 Å². The normalized spacial score (nSPS) is 13.4. The number of carboxylic acids is 1. The molecule has 0 heterocycles. The van der Waals surface area contributed by atoms with Gasteiger partial charge in [-0.3, -0.25) is 9.59 Å². The van der Waals surface area contributed by atoms with E-state index < -0.39 is 18.1 Å². The van der Waals surface area contributed by atoms with Gasteiger partial charge >= 0.3 is 17.9 Å². The van der Waals surface area contributed by atoms with Gasteiger partial charge in [0.15, 0.2) is 12.1 Å². The third-order valence-corrected chi connectivity index (χ3v) is 9.02. The monoisotopic (exact) mass is 721 g/mol. The van der Waals surface area contributed by atoms with Gasteiger partial charge in [-0.05, 0) is 64.2 Å². The Labute approximate surface area is 313 Å². The molecule has 0 aliphatic carbocycles. The van der Waals surface area contributed by atoms with Crippen LogP contribution in [0.25, 0.3) is 0 Å². The highest BCUT2D eigenvalue weighted by molar-refractivity contribution is 5.72. The summed E-state index contributed by atoms with van der Waals surface area (Å²) in [6, 6.07) is -0.619. The lowest BCUT2D eigenvalue weighted by molar-refractivity contribution is -0.887. The van der Waals surface area contributed by atoms with Crippen molar-refractivity contribution >= 4 is 17.9 Å². The van der Waals surface area contributed by atoms with E-state index in [9.17, 15) is 19.5 Å². The molecule has 0 bridgehead atoms. The zero-order valence-corrected chi connectivity index (χ0v) is 33.6. The number of quaternary nitrogens is 1. The zero-order valence-electron chi connectivity index (χ0n) is 33.6. The minimum absolute atomic E-state index is 0.0458. The molecule has 0 aliphatic rings. The summed E-state index contributed by atoms with van der Waals surface area (Å²) in [6.07, 6.45) is 37.8. The van der Waals surface area contributed by atoms with Crippen LogP contribution in [0.3, 0.4) is 0 Å². The summed E-state index contributed by atoms with van der Waals surface area (Å²) in [5, 5.41) is 9.58. The molecule has 0 saturated carbocycles. The number of carboxylic acid groups (broad SMARTS) is 1. The molecule has 296 valence electrons. The number of hydrogen-bond acceptors (Lipinski definition) is 6. The maximum Gasteiger partial charge on any atom is 0.362 e. The molecule has 0 saturated heterocycles. The predicted molar refractivity (Wildman–Crippen MR) is 211 cm³/mol. The maximum atomic E-state index is 12.6. The molecule has 0 aromatic heterocycles. The molecule has 0 fully saturated rings. The van der Waals surface area contributed by atoms with Crippen molar-refractivity contribution in [2.45, 2.75) is 180 Å². The number of rotatable bonds is 36. The van der Waals surface area contributed by atoms with E-state index >= 15 is 0 Å². The quantitative estimate of drug-likeness (QED) is 0.0298. The lowest BCUT2D eigenvalue weighted by atomic mass is 10.1. The number of likely N-dealkylation sites (N-methyl/N-ethyl adjacent to an activating group) is 1. The van der Waals surface area contributed by atoms with E-state index in [0.717, 1.165) is 57.8 Å². The van der Waals surface area contributed by atoms with Crippen LogP contribution in [0.4, 0.5) is 0 Å². The molecular weight excluding hydrogens is 642 g/mol. The summed E-state index contributed by atoms with van der Waals surface area (Å²) in [4.78, 5) is 36.7. The van der Waals surface area contributed by atoms with Gasteiger partial charge in [0.1, 0.15) is 6.61 Å². The maximum absolute atomic E-state index is 12.6.